The van der Waals surface area contributed by atoms with E-state index in [2.05, 4.69) is 4.98 Å². The van der Waals surface area contributed by atoms with Crippen molar-refractivity contribution in [1.82, 2.24) is 9.71 Å². The van der Waals surface area contributed by atoms with Gasteiger partial charge in [-0.15, -0.1) is 0 Å². The maximum Gasteiger partial charge on any atom is 0.283 e. The molecule has 9 nitrogen and oxygen atoms in total. The van der Waals surface area contributed by atoms with Crippen LogP contribution >= 0.6 is 11.6 Å². The lowest BCUT2D eigenvalue weighted by Gasteiger charge is -2.43. The predicted octanol–water partition coefficient (Wildman–Crippen LogP) is 6.12. The molecule has 234 valence electrons. The molecule has 0 unspecified atom stereocenters. The summed E-state index contributed by atoms with van der Waals surface area (Å²) in [7, 11) is -2.31. The Bertz CT molecular complexity index is 1770. The van der Waals surface area contributed by atoms with Gasteiger partial charge in [0, 0.05) is 48.0 Å². The number of aryl methyl sites for hydroxylation is 1. The summed E-state index contributed by atoms with van der Waals surface area (Å²) in [5.41, 5.74) is 2.67. The third kappa shape index (κ3) is 5.81. The fraction of sp³-hybridized carbons (Fsp3) is 0.455. The van der Waals surface area contributed by atoms with Crippen molar-refractivity contribution in [3.05, 3.63) is 68.3 Å². The van der Waals surface area contributed by atoms with Crippen LogP contribution in [0.1, 0.15) is 86.5 Å². The number of nitrogens with zero attached hydrogens (tertiary/aromatic N) is 1. The van der Waals surface area contributed by atoms with Gasteiger partial charge >= 0.3 is 0 Å². The van der Waals surface area contributed by atoms with Crippen molar-refractivity contribution in [3.63, 3.8) is 0 Å². The van der Waals surface area contributed by atoms with Crippen molar-refractivity contribution < 1.29 is 32.3 Å². The van der Waals surface area contributed by atoms with E-state index in [1.54, 1.807) is 25.1 Å². The molecule has 0 fully saturated rings. The highest BCUT2D eigenvalue weighted by Crippen LogP contribution is 2.55. The van der Waals surface area contributed by atoms with Crippen molar-refractivity contribution in [2.45, 2.75) is 73.1 Å². The number of Topliss-reactive ketones (excluding diaryl/α,β-unsaturated/α-hetero) is 2. The van der Waals surface area contributed by atoms with Gasteiger partial charge in [-0.05, 0) is 54.0 Å². The van der Waals surface area contributed by atoms with Gasteiger partial charge in [-0.3, -0.25) is 14.4 Å². The van der Waals surface area contributed by atoms with E-state index in [1.165, 1.54) is 7.11 Å². The molecular weight excluding hydrogens is 604 g/mol. The molecule has 44 heavy (non-hydrogen) atoms. The third-order valence-electron chi connectivity index (χ3n) is 8.48. The summed E-state index contributed by atoms with van der Waals surface area (Å²) >= 11 is 6.70. The van der Waals surface area contributed by atoms with Crippen LogP contribution in [0, 0.1) is 24.7 Å². The van der Waals surface area contributed by atoms with E-state index in [1.807, 2.05) is 39.3 Å². The SMILES string of the molecule is COc1ccc(-c2nc(C(=O)NS(C)(=O)=O)c(C)cc2Cl)c(C)c1C1C2=C(CC(C)(C)CC2=O)OC2=C1C(=O)CC(C)(C)C2. The normalized spacial score (nSPS) is 19.8. The number of amides is 1. The lowest BCUT2D eigenvalue weighted by molar-refractivity contribution is -0.120. The van der Waals surface area contributed by atoms with Gasteiger partial charge in [0.05, 0.1) is 30.0 Å². The Morgan fingerprint density at radius 1 is 1.00 bits per heavy atom. The Labute approximate surface area is 263 Å². The van der Waals surface area contributed by atoms with E-state index in [0.717, 1.165) is 6.26 Å². The molecule has 2 aromatic rings. The van der Waals surface area contributed by atoms with E-state index in [9.17, 15) is 22.8 Å². The summed E-state index contributed by atoms with van der Waals surface area (Å²) in [5, 5.41) is 0.246. The molecule has 1 N–H and O–H groups in total. The summed E-state index contributed by atoms with van der Waals surface area (Å²) in [6.07, 6.45) is 2.58. The predicted molar refractivity (Wildman–Crippen MR) is 167 cm³/mol. The number of halogens is 1. The molecule has 5 rings (SSSR count). The molecule has 0 saturated heterocycles. The Kier molecular flexibility index (Phi) is 7.86. The standard InChI is InChI=1S/C33H37ClN2O7S/c1-16-11-19(34)30(35-29(16)31(39)36-44(8,40)41)18-9-10-22(42-7)25(17(18)2)28-26-20(37)12-32(3,4)14-23(26)43-24-15-33(5,6)13-21(38)27(24)28/h9-11,28H,12-15H2,1-8H3,(H,36,39). The van der Waals surface area contributed by atoms with Crippen molar-refractivity contribution in [2.75, 3.05) is 13.4 Å². The molecule has 0 bridgehead atoms. The number of methoxy groups -OCH3 is 1. The zero-order valence-electron chi connectivity index (χ0n) is 26.2. The van der Waals surface area contributed by atoms with Gasteiger partial charge in [-0.1, -0.05) is 39.3 Å². The summed E-state index contributed by atoms with van der Waals surface area (Å²) in [6.45, 7) is 11.6. The summed E-state index contributed by atoms with van der Waals surface area (Å²) in [4.78, 5) is 45.2. The smallest absolute Gasteiger partial charge is 0.283 e. The maximum absolute atomic E-state index is 13.9. The molecule has 1 amide bonds. The van der Waals surface area contributed by atoms with Crippen LogP contribution in [0.15, 0.2) is 40.9 Å². The highest BCUT2D eigenvalue weighted by molar-refractivity contribution is 7.89. The number of hydrogen-bond acceptors (Lipinski definition) is 8. The van der Waals surface area contributed by atoms with Gasteiger partial charge in [0.2, 0.25) is 10.0 Å². The number of rotatable bonds is 5. The topological polar surface area (TPSA) is 129 Å². The second-order valence-corrected chi connectivity index (χ2v) is 15.8. The number of carbonyl (C=O) groups excluding carboxylic acids is 3. The molecule has 1 aromatic heterocycles. The monoisotopic (exact) mass is 640 g/mol. The zero-order valence-corrected chi connectivity index (χ0v) is 27.8. The summed E-state index contributed by atoms with van der Waals surface area (Å²) in [6, 6.07) is 5.04. The Balaban J connectivity index is 1.77. The average Bonchev–Trinajstić information content (AvgIpc) is 2.85. The first-order chi connectivity index (χ1) is 20.3. The largest absolute Gasteiger partial charge is 0.496 e. The number of sulfonamides is 1. The number of ketones is 2. The van der Waals surface area contributed by atoms with Crippen LogP contribution < -0.4 is 9.46 Å². The summed E-state index contributed by atoms with van der Waals surface area (Å²) in [5.74, 6) is -0.128. The quantitative estimate of drug-likeness (QED) is 0.414. The highest BCUT2D eigenvalue weighted by atomic mass is 35.5. The number of hydrogen-bond donors (Lipinski definition) is 1. The van der Waals surface area contributed by atoms with E-state index in [-0.39, 0.29) is 38.8 Å². The van der Waals surface area contributed by atoms with E-state index >= 15 is 0 Å². The number of carbonyl (C=O) groups is 3. The van der Waals surface area contributed by atoms with Crippen molar-refractivity contribution in [1.29, 1.82) is 0 Å². The van der Waals surface area contributed by atoms with E-state index < -0.39 is 21.8 Å². The fourth-order valence-corrected chi connectivity index (χ4v) is 7.42. The first-order valence-electron chi connectivity index (χ1n) is 14.4. The van der Waals surface area contributed by atoms with Crippen LogP contribution in [0.4, 0.5) is 0 Å². The molecular formula is C33H37ClN2O7S. The Morgan fingerprint density at radius 3 is 2.05 bits per heavy atom. The Hall–Kier alpha value is -3.50. The van der Waals surface area contributed by atoms with Gasteiger partial charge in [0.1, 0.15) is 23.0 Å². The molecule has 0 atom stereocenters. The van der Waals surface area contributed by atoms with Gasteiger partial charge in [0.25, 0.3) is 5.91 Å². The molecule has 11 heteroatoms. The minimum Gasteiger partial charge on any atom is -0.496 e. The molecule has 1 aliphatic heterocycles. The number of nitrogens with one attached hydrogen (secondary N) is 1. The number of allylic oxidation sites excluding steroid dienone is 4. The first-order valence-corrected chi connectivity index (χ1v) is 16.7. The van der Waals surface area contributed by atoms with Gasteiger partial charge in [0.15, 0.2) is 11.6 Å². The van der Waals surface area contributed by atoms with E-state index in [4.69, 9.17) is 21.1 Å². The minimum atomic E-state index is -3.84. The van der Waals surface area contributed by atoms with Crippen LogP contribution in [0.25, 0.3) is 11.3 Å². The van der Waals surface area contributed by atoms with Gasteiger partial charge < -0.3 is 9.47 Å². The number of benzene rings is 1. The van der Waals surface area contributed by atoms with Gasteiger partial charge in [-0.2, -0.15) is 0 Å². The fourth-order valence-electron chi connectivity index (χ4n) is 6.68. The van der Waals surface area contributed by atoms with Crippen LogP contribution in [-0.2, 0) is 24.3 Å². The zero-order chi connectivity index (χ0) is 32.5. The second-order valence-electron chi connectivity index (χ2n) is 13.6. The molecule has 2 aliphatic carbocycles. The van der Waals surface area contributed by atoms with Crippen molar-refractivity contribution >= 4 is 39.1 Å². The molecule has 0 saturated carbocycles. The van der Waals surface area contributed by atoms with Crippen LogP contribution in [0.2, 0.25) is 5.02 Å². The second kappa shape index (κ2) is 10.8. The molecule has 2 heterocycles. The van der Waals surface area contributed by atoms with Gasteiger partial charge in [-0.25, -0.2) is 18.1 Å². The first kappa shape index (κ1) is 31.9. The lowest BCUT2D eigenvalue weighted by Crippen LogP contribution is -2.38. The van der Waals surface area contributed by atoms with Crippen molar-refractivity contribution in [3.8, 4) is 17.0 Å². The average molecular weight is 641 g/mol. The summed E-state index contributed by atoms with van der Waals surface area (Å²) < 4.78 is 37.8. The number of aromatic nitrogens is 1. The maximum atomic E-state index is 13.9. The van der Waals surface area contributed by atoms with E-state index in [0.29, 0.717) is 76.4 Å². The van der Waals surface area contributed by atoms with Crippen molar-refractivity contribution in [2.24, 2.45) is 10.8 Å². The number of ether oxygens (including phenoxy) is 2. The molecule has 0 spiro atoms. The number of pyridine rings is 1. The van der Waals surface area contributed by atoms with Crippen LogP contribution in [0.5, 0.6) is 5.75 Å². The Morgan fingerprint density at radius 2 is 1.55 bits per heavy atom. The lowest BCUT2D eigenvalue weighted by atomic mass is 9.65. The molecule has 0 radical (unpaired) electrons. The highest BCUT2D eigenvalue weighted by Gasteiger charge is 2.49. The van der Waals surface area contributed by atoms with Crippen LogP contribution in [0.3, 0.4) is 0 Å². The minimum absolute atomic E-state index is 0.0801. The third-order valence-corrected chi connectivity index (χ3v) is 9.32. The van der Waals surface area contributed by atoms with Crippen LogP contribution in [-0.4, -0.2) is 44.2 Å². The molecule has 3 aliphatic rings. The molecule has 1 aromatic carbocycles.